The van der Waals surface area contributed by atoms with E-state index >= 15 is 0 Å². The minimum Gasteiger partial charge on any atom is -0.494 e. The van der Waals surface area contributed by atoms with Crippen molar-refractivity contribution >= 4 is 11.8 Å². The highest BCUT2D eigenvalue weighted by molar-refractivity contribution is 5.95. The first kappa shape index (κ1) is 25.2. The molecule has 0 spiro atoms. The monoisotopic (exact) mass is 440 g/mol. The molecule has 0 saturated heterocycles. The number of amides is 2. The molecule has 0 aromatic heterocycles. The van der Waals surface area contributed by atoms with Crippen molar-refractivity contribution in [2.75, 3.05) is 6.61 Å². The van der Waals surface area contributed by atoms with Crippen LogP contribution < -0.4 is 20.3 Å². The molecule has 0 bridgehead atoms. The Bertz CT molecular complexity index is 855. The molecule has 0 fully saturated rings. The first-order valence-electron chi connectivity index (χ1n) is 11.3. The molecule has 1 unspecified atom stereocenters. The van der Waals surface area contributed by atoms with E-state index < -0.39 is 17.9 Å². The van der Waals surface area contributed by atoms with Crippen molar-refractivity contribution in [2.24, 2.45) is 0 Å². The van der Waals surface area contributed by atoms with E-state index in [1.807, 2.05) is 24.3 Å². The van der Waals surface area contributed by atoms with Crippen LogP contribution in [0.3, 0.4) is 0 Å². The van der Waals surface area contributed by atoms with Gasteiger partial charge in [0.2, 0.25) is 0 Å². The number of benzene rings is 2. The van der Waals surface area contributed by atoms with Gasteiger partial charge in [-0.25, -0.2) is 0 Å². The molecule has 0 radical (unpaired) electrons. The summed E-state index contributed by atoms with van der Waals surface area (Å²) >= 11 is 0. The van der Waals surface area contributed by atoms with Gasteiger partial charge in [0.25, 0.3) is 11.8 Å². The molecule has 174 valence electrons. The summed E-state index contributed by atoms with van der Waals surface area (Å²) in [6, 6.07) is 14.5. The van der Waals surface area contributed by atoms with Crippen LogP contribution in [-0.2, 0) is 10.2 Å². The average Bonchev–Trinajstić information content (AvgIpc) is 2.77. The molecule has 2 aromatic carbocycles. The Balaban J connectivity index is 1.77. The lowest BCUT2D eigenvalue weighted by atomic mass is 9.87. The number of unbranched alkanes of at least 4 members (excludes halogenated alkanes) is 3. The zero-order valence-electron chi connectivity index (χ0n) is 19.9. The van der Waals surface area contributed by atoms with E-state index in [0.29, 0.717) is 17.9 Å². The fraction of sp³-hybridized carbons (Fsp3) is 0.462. The van der Waals surface area contributed by atoms with Crippen molar-refractivity contribution in [3.8, 4) is 11.5 Å². The van der Waals surface area contributed by atoms with Gasteiger partial charge >= 0.3 is 0 Å². The first-order valence-corrected chi connectivity index (χ1v) is 11.3. The first-order chi connectivity index (χ1) is 15.2. The van der Waals surface area contributed by atoms with E-state index in [1.165, 1.54) is 18.4 Å². The molecule has 2 amide bonds. The van der Waals surface area contributed by atoms with Crippen LogP contribution in [0.15, 0.2) is 48.5 Å². The van der Waals surface area contributed by atoms with E-state index in [9.17, 15) is 9.59 Å². The topological polar surface area (TPSA) is 76.7 Å². The molecular weight excluding hydrogens is 404 g/mol. The number of carbonyl (C=O) groups excluding carboxylic acids is 2. The highest BCUT2D eigenvalue weighted by Crippen LogP contribution is 2.24. The van der Waals surface area contributed by atoms with Crippen LogP contribution in [0.2, 0.25) is 0 Å². The van der Waals surface area contributed by atoms with Crippen molar-refractivity contribution in [1.29, 1.82) is 0 Å². The second kappa shape index (κ2) is 12.1. The zero-order valence-corrected chi connectivity index (χ0v) is 19.9. The molecule has 0 aliphatic heterocycles. The van der Waals surface area contributed by atoms with Gasteiger partial charge in [0.15, 0.2) is 6.10 Å². The second-order valence-corrected chi connectivity index (χ2v) is 8.91. The average molecular weight is 441 g/mol. The molecular formula is C26H36N2O4. The molecule has 2 aromatic rings. The summed E-state index contributed by atoms with van der Waals surface area (Å²) < 4.78 is 11.4. The van der Waals surface area contributed by atoms with Gasteiger partial charge in [0.1, 0.15) is 11.5 Å². The molecule has 2 N–H and O–H groups in total. The second-order valence-electron chi connectivity index (χ2n) is 8.91. The number of hydrogen-bond acceptors (Lipinski definition) is 4. The van der Waals surface area contributed by atoms with Gasteiger partial charge in [0, 0.05) is 5.56 Å². The number of nitrogens with one attached hydrogen (secondary N) is 2. The normalized spacial score (nSPS) is 12.0. The van der Waals surface area contributed by atoms with E-state index in [-0.39, 0.29) is 5.41 Å². The number of hydrogen-bond donors (Lipinski definition) is 2. The van der Waals surface area contributed by atoms with Crippen LogP contribution in [0.1, 0.15) is 76.2 Å². The predicted octanol–water partition coefficient (Wildman–Crippen LogP) is 5.17. The Hall–Kier alpha value is -3.02. The van der Waals surface area contributed by atoms with E-state index in [0.717, 1.165) is 18.6 Å². The number of hydrazine groups is 1. The van der Waals surface area contributed by atoms with E-state index in [2.05, 4.69) is 38.5 Å². The van der Waals surface area contributed by atoms with Crippen LogP contribution in [0, 0.1) is 0 Å². The number of ether oxygens (including phenoxy) is 2. The summed E-state index contributed by atoms with van der Waals surface area (Å²) in [6.07, 6.45) is 3.81. The lowest BCUT2D eigenvalue weighted by Gasteiger charge is -2.20. The third-order valence-electron chi connectivity index (χ3n) is 5.08. The SMILES string of the molecule is CCCCCCOc1ccc(C(=O)NNC(=O)C(C)Oc2ccc(C(C)(C)C)cc2)cc1. The van der Waals surface area contributed by atoms with Crippen molar-refractivity contribution < 1.29 is 19.1 Å². The molecule has 0 heterocycles. The summed E-state index contributed by atoms with van der Waals surface area (Å²) in [5, 5.41) is 0. The summed E-state index contributed by atoms with van der Waals surface area (Å²) in [7, 11) is 0. The summed E-state index contributed by atoms with van der Waals surface area (Å²) in [5.74, 6) is 0.471. The van der Waals surface area contributed by atoms with Gasteiger partial charge in [-0.05, 0) is 60.7 Å². The van der Waals surface area contributed by atoms with Crippen molar-refractivity contribution in [3.63, 3.8) is 0 Å². The summed E-state index contributed by atoms with van der Waals surface area (Å²) in [6.45, 7) is 10.9. The fourth-order valence-corrected chi connectivity index (χ4v) is 3.00. The minimum absolute atomic E-state index is 0.0464. The number of rotatable bonds is 10. The third kappa shape index (κ3) is 8.25. The lowest BCUT2D eigenvalue weighted by molar-refractivity contribution is -0.128. The molecule has 0 saturated carbocycles. The Morgan fingerprint density at radius 2 is 1.50 bits per heavy atom. The van der Waals surface area contributed by atoms with Crippen LogP contribution in [0.5, 0.6) is 11.5 Å². The van der Waals surface area contributed by atoms with Crippen molar-refractivity contribution in [2.45, 2.75) is 71.8 Å². The van der Waals surface area contributed by atoms with Gasteiger partial charge in [-0.15, -0.1) is 0 Å². The molecule has 1 atom stereocenters. The zero-order chi connectivity index (χ0) is 23.6. The van der Waals surface area contributed by atoms with Gasteiger partial charge in [-0.3, -0.25) is 20.4 Å². The Morgan fingerprint density at radius 1 is 0.875 bits per heavy atom. The summed E-state index contributed by atoms with van der Waals surface area (Å²) in [5.41, 5.74) is 6.49. The minimum atomic E-state index is -0.765. The number of carbonyl (C=O) groups is 2. The quantitative estimate of drug-likeness (QED) is 0.395. The molecule has 2 rings (SSSR count). The van der Waals surface area contributed by atoms with Crippen LogP contribution in [-0.4, -0.2) is 24.5 Å². The van der Waals surface area contributed by atoms with Crippen LogP contribution in [0.25, 0.3) is 0 Å². The van der Waals surface area contributed by atoms with Gasteiger partial charge in [-0.1, -0.05) is 59.1 Å². The maximum Gasteiger partial charge on any atom is 0.279 e. The Morgan fingerprint density at radius 3 is 2.09 bits per heavy atom. The largest absolute Gasteiger partial charge is 0.494 e. The maximum atomic E-state index is 12.3. The standard InChI is InChI=1S/C26H36N2O4/c1-6-7-8-9-18-31-22-14-10-20(11-15-22)25(30)28-27-24(29)19(2)32-23-16-12-21(13-17-23)26(3,4)5/h10-17,19H,6-9,18H2,1-5H3,(H,27,29)(H,28,30). The van der Waals surface area contributed by atoms with Crippen LogP contribution in [0.4, 0.5) is 0 Å². The fourth-order valence-electron chi connectivity index (χ4n) is 3.00. The van der Waals surface area contributed by atoms with E-state index in [4.69, 9.17) is 9.47 Å². The van der Waals surface area contributed by atoms with Crippen molar-refractivity contribution in [1.82, 2.24) is 10.9 Å². The van der Waals surface area contributed by atoms with Gasteiger partial charge in [0.05, 0.1) is 6.61 Å². The molecule has 32 heavy (non-hydrogen) atoms. The predicted molar refractivity (Wildman–Crippen MR) is 127 cm³/mol. The molecule has 0 aliphatic carbocycles. The third-order valence-corrected chi connectivity index (χ3v) is 5.08. The van der Waals surface area contributed by atoms with Gasteiger partial charge in [-0.2, -0.15) is 0 Å². The molecule has 6 heteroatoms. The Kier molecular flexibility index (Phi) is 9.57. The van der Waals surface area contributed by atoms with Gasteiger partial charge < -0.3 is 9.47 Å². The maximum absolute atomic E-state index is 12.3. The van der Waals surface area contributed by atoms with Crippen molar-refractivity contribution in [3.05, 3.63) is 59.7 Å². The van der Waals surface area contributed by atoms with Crippen LogP contribution >= 0.6 is 0 Å². The van der Waals surface area contributed by atoms with E-state index in [1.54, 1.807) is 31.2 Å². The smallest absolute Gasteiger partial charge is 0.279 e. The molecule has 0 aliphatic rings. The lowest BCUT2D eigenvalue weighted by Crippen LogP contribution is -2.47. The summed E-state index contributed by atoms with van der Waals surface area (Å²) in [4.78, 5) is 24.6. The highest BCUT2D eigenvalue weighted by Gasteiger charge is 2.17. The molecule has 6 nitrogen and oxygen atoms in total. The Labute approximate surface area is 191 Å². The highest BCUT2D eigenvalue weighted by atomic mass is 16.5.